The van der Waals surface area contributed by atoms with E-state index < -0.39 is 0 Å². The fourth-order valence-corrected chi connectivity index (χ4v) is 4.00. The first kappa shape index (κ1) is 20.8. The van der Waals surface area contributed by atoms with Crippen LogP contribution in [0.4, 0.5) is 5.69 Å². The zero-order valence-electron chi connectivity index (χ0n) is 18.1. The van der Waals surface area contributed by atoms with Gasteiger partial charge in [-0.1, -0.05) is 37.4 Å². The summed E-state index contributed by atoms with van der Waals surface area (Å²) in [5.74, 6) is 0. The number of aromatic nitrogens is 2. The topological polar surface area (TPSA) is 56.3 Å². The van der Waals surface area contributed by atoms with Gasteiger partial charge in [0, 0.05) is 30.0 Å². The lowest BCUT2D eigenvalue weighted by atomic mass is 10.0. The van der Waals surface area contributed by atoms with Crippen LogP contribution in [0.25, 0.3) is 22.2 Å². The number of benzene rings is 2. The van der Waals surface area contributed by atoms with Crippen LogP contribution in [0.1, 0.15) is 36.6 Å². The van der Waals surface area contributed by atoms with Crippen LogP contribution in [0.5, 0.6) is 0 Å². The highest BCUT2D eigenvalue weighted by molar-refractivity contribution is 6.11. The van der Waals surface area contributed by atoms with Crippen LogP contribution in [-0.4, -0.2) is 34.4 Å². The Balaban J connectivity index is 1.51. The molecule has 1 aliphatic rings. The highest BCUT2D eigenvalue weighted by Gasteiger charge is 2.13. The predicted molar refractivity (Wildman–Crippen MR) is 132 cm³/mol. The van der Waals surface area contributed by atoms with Crippen molar-refractivity contribution < 1.29 is 0 Å². The minimum atomic E-state index is 0.762. The molecule has 4 rings (SSSR count). The Hall–Kier alpha value is -3.44. The molecule has 0 radical (unpaired) electrons. The van der Waals surface area contributed by atoms with Crippen molar-refractivity contribution in [3.63, 3.8) is 0 Å². The second kappa shape index (κ2) is 9.58. The Morgan fingerprint density at radius 1 is 1.19 bits per heavy atom. The third kappa shape index (κ3) is 4.84. The molecule has 0 amide bonds. The zero-order chi connectivity index (χ0) is 21.6. The van der Waals surface area contributed by atoms with Crippen molar-refractivity contribution in [2.24, 2.45) is 4.99 Å². The van der Waals surface area contributed by atoms with Crippen LogP contribution >= 0.6 is 0 Å². The number of aliphatic imine (C=N–C) groups is 1. The molecule has 1 aromatic heterocycles. The summed E-state index contributed by atoms with van der Waals surface area (Å²) in [6, 6.07) is 14.8. The van der Waals surface area contributed by atoms with E-state index in [1.807, 2.05) is 25.3 Å². The van der Waals surface area contributed by atoms with Crippen molar-refractivity contribution in [1.82, 2.24) is 15.1 Å². The number of hydrogen-bond donors (Lipinski definition) is 2. The van der Waals surface area contributed by atoms with Crippen molar-refractivity contribution in [2.45, 2.75) is 26.3 Å². The molecule has 158 valence electrons. The molecule has 0 bridgehead atoms. The lowest BCUT2D eigenvalue weighted by molar-refractivity contribution is 0.331. The third-order valence-corrected chi connectivity index (χ3v) is 5.67. The number of fused-ring (bicyclic) bond motifs is 1. The van der Waals surface area contributed by atoms with Gasteiger partial charge in [-0.15, -0.1) is 0 Å². The summed E-state index contributed by atoms with van der Waals surface area (Å²) in [6.07, 6.45) is 8.01. The van der Waals surface area contributed by atoms with Crippen molar-refractivity contribution in [2.75, 3.05) is 18.4 Å². The highest BCUT2D eigenvalue weighted by Crippen LogP contribution is 2.27. The van der Waals surface area contributed by atoms with E-state index in [1.54, 1.807) is 0 Å². The maximum absolute atomic E-state index is 4.50. The van der Waals surface area contributed by atoms with Gasteiger partial charge in [-0.2, -0.15) is 5.10 Å². The van der Waals surface area contributed by atoms with Crippen molar-refractivity contribution in [1.29, 1.82) is 0 Å². The van der Waals surface area contributed by atoms with Gasteiger partial charge in [0.1, 0.15) is 5.69 Å². The summed E-state index contributed by atoms with van der Waals surface area (Å²) in [5, 5.41) is 12.0. The predicted octanol–water partition coefficient (Wildman–Crippen LogP) is 5.86. The molecule has 0 spiro atoms. The summed E-state index contributed by atoms with van der Waals surface area (Å²) in [5.41, 5.74) is 7.00. The Morgan fingerprint density at radius 2 is 1.97 bits per heavy atom. The summed E-state index contributed by atoms with van der Waals surface area (Å²) in [6.45, 7) is 13.3. The third-order valence-electron chi connectivity index (χ3n) is 5.67. The fourth-order valence-electron chi connectivity index (χ4n) is 4.00. The molecule has 5 nitrogen and oxygen atoms in total. The lowest BCUT2D eigenvalue weighted by Crippen LogP contribution is -2.18. The first-order chi connectivity index (χ1) is 15.2. The SMILES string of the molecule is C=CN=C/C(=C\C)c1ccc2[nH]nc(C(=C)Nc3ccc(CN4CCCC4)cc3)c2c1. The van der Waals surface area contributed by atoms with Crippen LogP contribution in [0, 0.1) is 0 Å². The van der Waals surface area contributed by atoms with E-state index in [-0.39, 0.29) is 0 Å². The van der Waals surface area contributed by atoms with E-state index in [9.17, 15) is 0 Å². The summed E-state index contributed by atoms with van der Waals surface area (Å²) < 4.78 is 0. The van der Waals surface area contributed by atoms with E-state index in [0.717, 1.165) is 45.7 Å². The van der Waals surface area contributed by atoms with Gasteiger partial charge in [0.05, 0.1) is 11.2 Å². The van der Waals surface area contributed by atoms with Gasteiger partial charge in [0.25, 0.3) is 0 Å². The van der Waals surface area contributed by atoms with E-state index in [2.05, 4.69) is 75.0 Å². The molecular weight excluding hydrogens is 382 g/mol. The normalized spacial score (nSPS) is 15.1. The van der Waals surface area contributed by atoms with E-state index >= 15 is 0 Å². The van der Waals surface area contributed by atoms with Crippen LogP contribution in [-0.2, 0) is 6.54 Å². The number of hydrogen-bond acceptors (Lipinski definition) is 4. The van der Waals surface area contributed by atoms with Crippen LogP contribution in [0.2, 0.25) is 0 Å². The average molecular weight is 412 g/mol. The fraction of sp³-hybridized carbons (Fsp3) is 0.231. The van der Waals surface area contributed by atoms with Gasteiger partial charge in [-0.3, -0.25) is 15.0 Å². The molecule has 2 N–H and O–H groups in total. The number of nitrogens with zero attached hydrogens (tertiary/aromatic N) is 3. The van der Waals surface area contributed by atoms with Gasteiger partial charge in [-0.25, -0.2) is 0 Å². The number of rotatable bonds is 8. The van der Waals surface area contributed by atoms with Crippen LogP contribution in [0.15, 0.2) is 72.9 Å². The van der Waals surface area contributed by atoms with E-state index in [0.29, 0.717) is 0 Å². The van der Waals surface area contributed by atoms with Crippen LogP contribution < -0.4 is 5.32 Å². The first-order valence-corrected chi connectivity index (χ1v) is 10.7. The van der Waals surface area contributed by atoms with Crippen molar-refractivity contribution >= 4 is 34.1 Å². The Morgan fingerprint density at radius 3 is 2.68 bits per heavy atom. The zero-order valence-corrected chi connectivity index (χ0v) is 18.1. The maximum Gasteiger partial charge on any atom is 0.116 e. The van der Waals surface area contributed by atoms with E-state index in [1.165, 1.54) is 37.7 Å². The van der Waals surface area contributed by atoms with Crippen molar-refractivity contribution in [3.05, 3.63) is 84.7 Å². The van der Waals surface area contributed by atoms with Crippen LogP contribution in [0.3, 0.4) is 0 Å². The molecule has 5 heteroatoms. The summed E-state index contributed by atoms with van der Waals surface area (Å²) in [7, 11) is 0. The van der Waals surface area contributed by atoms with E-state index in [4.69, 9.17) is 0 Å². The minimum Gasteiger partial charge on any atom is -0.354 e. The number of allylic oxidation sites excluding steroid dienone is 2. The van der Waals surface area contributed by atoms with Gasteiger partial charge >= 0.3 is 0 Å². The standard InChI is InChI=1S/C26H29N5/c1-4-21(17-27-5-2)22-10-13-25-24(16-22)26(30-29-25)19(3)28-23-11-8-20(9-12-23)18-31-14-6-7-15-31/h4-5,8-13,16-17,28H,2-3,6-7,14-15,18H2,1H3,(H,29,30)/b21-4+,27-17?. The monoisotopic (exact) mass is 411 g/mol. The quantitative estimate of drug-likeness (QED) is 0.457. The molecule has 0 saturated carbocycles. The Labute approximate surface area is 183 Å². The molecule has 3 aromatic rings. The van der Waals surface area contributed by atoms with Gasteiger partial charge in [0.15, 0.2) is 0 Å². The molecule has 1 fully saturated rings. The molecular formula is C26H29N5. The first-order valence-electron chi connectivity index (χ1n) is 10.7. The molecule has 0 unspecified atom stereocenters. The van der Waals surface area contributed by atoms with Crippen molar-refractivity contribution in [3.8, 4) is 0 Å². The van der Waals surface area contributed by atoms with Gasteiger partial charge in [-0.05, 0) is 73.8 Å². The molecule has 0 atom stereocenters. The smallest absolute Gasteiger partial charge is 0.116 e. The lowest BCUT2D eigenvalue weighted by Gasteiger charge is -2.15. The molecule has 1 saturated heterocycles. The number of nitrogens with one attached hydrogen (secondary N) is 2. The second-order valence-corrected chi connectivity index (χ2v) is 7.82. The van der Waals surface area contributed by atoms with Gasteiger partial charge < -0.3 is 5.32 Å². The Bertz CT molecular complexity index is 1130. The Kier molecular flexibility index (Phi) is 6.43. The maximum atomic E-state index is 4.50. The largest absolute Gasteiger partial charge is 0.354 e. The van der Waals surface area contributed by atoms with Gasteiger partial charge in [0.2, 0.25) is 0 Å². The molecule has 1 aliphatic heterocycles. The number of likely N-dealkylation sites (tertiary alicyclic amines) is 1. The number of aromatic amines is 1. The average Bonchev–Trinajstić information content (AvgIpc) is 3.45. The molecule has 0 aliphatic carbocycles. The summed E-state index contributed by atoms with van der Waals surface area (Å²) >= 11 is 0. The molecule has 31 heavy (non-hydrogen) atoms. The number of H-pyrrole nitrogens is 1. The summed E-state index contributed by atoms with van der Waals surface area (Å²) in [4.78, 5) is 6.66. The number of anilines is 1. The molecule has 2 aromatic carbocycles. The minimum absolute atomic E-state index is 0.762. The highest BCUT2D eigenvalue weighted by atomic mass is 15.1. The molecule has 2 heterocycles. The second-order valence-electron chi connectivity index (χ2n) is 7.82.